The predicted octanol–water partition coefficient (Wildman–Crippen LogP) is 2.82. The highest BCUT2D eigenvalue weighted by molar-refractivity contribution is 5.45. The van der Waals surface area contributed by atoms with Gasteiger partial charge in [0.1, 0.15) is 17.8 Å². The van der Waals surface area contributed by atoms with Gasteiger partial charge in [-0.3, -0.25) is 14.3 Å². The first-order valence-electron chi connectivity index (χ1n) is 9.01. The molecule has 0 bridgehead atoms. The Morgan fingerprint density at radius 2 is 1.85 bits per heavy atom. The Morgan fingerprint density at radius 1 is 1.19 bits per heavy atom. The number of aromatic amines is 1. The number of benzene rings is 1. The summed E-state index contributed by atoms with van der Waals surface area (Å²) in [6.07, 6.45) is 0.234. The molecule has 6 nitrogen and oxygen atoms in total. The molecule has 1 atom stereocenters. The third-order valence-electron chi connectivity index (χ3n) is 4.72. The molecule has 1 aromatic carbocycles. The van der Waals surface area contributed by atoms with Crippen molar-refractivity contribution >= 4 is 5.82 Å². The fourth-order valence-corrected chi connectivity index (χ4v) is 3.24. The molecule has 1 saturated heterocycles. The first kappa shape index (κ1) is 19.3. The third-order valence-corrected chi connectivity index (χ3v) is 4.72. The van der Waals surface area contributed by atoms with E-state index in [9.17, 15) is 18.4 Å². The number of aromatic nitrogens is 2. The van der Waals surface area contributed by atoms with Gasteiger partial charge in [0.15, 0.2) is 0 Å². The van der Waals surface area contributed by atoms with Gasteiger partial charge in [0, 0.05) is 35.1 Å². The molecule has 27 heavy (non-hydrogen) atoms. The lowest BCUT2D eigenvalue weighted by Crippen LogP contribution is -2.44. The van der Waals surface area contributed by atoms with Crippen molar-refractivity contribution in [2.24, 2.45) is 0 Å². The number of alkyl halides is 1. The molecule has 4 rings (SSSR count). The summed E-state index contributed by atoms with van der Waals surface area (Å²) in [7, 11) is 0. The van der Waals surface area contributed by atoms with Gasteiger partial charge in [0.25, 0.3) is 5.56 Å². The van der Waals surface area contributed by atoms with Crippen LogP contribution in [0.25, 0.3) is 0 Å². The fourth-order valence-electron chi connectivity index (χ4n) is 3.24. The van der Waals surface area contributed by atoms with E-state index in [1.54, 1.807) is 12.1 Å². The van der Waals surface area contributed by atoms with Crippen molar-refractivity contribution in [3.63, 3.8) is 0 Å². The number of halogens is 2. The van der Waals surface area contributed by atoms with Crippen LogP contribution in [-0.4, -0.2) is 35.5 Å². The van der Waals surface area contributed by atoms with Crippen LogP contribution < -0.4 is 16.6 Å². The number of H-pyrrole nitrogens is 1. The van der Waals surface area contributed by atoms with E-state index in [0.717, 1.165) is 5.56 Å². The molecule has 2 aliphatic rings. The monoisotopic (exact) mass is 383 g/mol. The number of aryl methyl sites for hydroxylation is 1. The van der Waals surface area contributed by atoms with Gasteiger partial charge in [-0.05, 0) is 31.9 Å². The zero-order chi connectivity index (χ0) is 19.4. The van der Waals surface area contributed by atoms with Crippen molar-refractivity contribution < 1.29 is 16.4 Å². The summed E-state index contributed by atoms with van der Waals surface area (Å²) in [5, 5.41) is 2.76. The van der Waals surface area contributed by atoms with Crippen molar-refractivity contribution in [2.45, 2.75) is 38.4 Å². The quantitative estimate of drug-likeness (QED) is 0.794. The summed E-state index contributed by atoms with van der Waals surface area (Å²) in [4.78, 5) is 27.0. The highest BCUT2D eigenvalue weighted by Gasteiger charge is 2.26. The van der Waals surface area contributed by atoms with Crippen LogP contribution in [0.5, 0.6) is 0 Å². The molecule has 0 amide bonds. The van der Waals surface area contributed by atoms with Crippen LogP contribution in [0.3, 0.4) is 0 Å². The number of rotatable bonds is 1. The van der Waals surface area contributed by atoms with E-state index in [2.05, 4.69) is 10.3 Å². The maximum Gasteiger partial charge on any atom is 0.330 e. The number of hydrogen-bond acceptors (Lipinski definition) is 4. The molecule has 2 aliphatic heterocycles. The number of fused-ring (bicyclic) bond motifs is 1. The van der Waals surface area contributed by atoms with Gasteiger partial charge in [0.2, 0.25) is 0 Å². The van der Waals surface area contributed by atoms with Gasteiger partial charge >= 0.3 is 5.69 Å². The minimum absolute atomic E-state index is 0. The van der Waals surface area contributed by atoms with Crippen molar-refractivity contribution in [3.05, 3.63) is 62.0 Å². The van der Waals surface area contributed by atoms with E-state index in [1.807, 2.05) is 6.92 Å². The Balaban J connectivity index is 0.000000360. The Hall–Kier alpha value is -2.48. The minimum atomic E-state index is -1.09. The molecule has 150 valence electrons. The summed E-state index contributed by atoms with van der Waals surface area (Å²) < 4.78 is 31.9. The zero-order valence-electron chi connectivity index (χ0n) is 15.1. The van der Waals surface area contributed by atoms with Gasteiger partial charge < -0.3 is 10.1 Å². The molecule has 2 aromatic rings. The molecule has 2 N–H and O–H groups in total. The standard InChI is InChI=1S/C12H16FN3O3.C7H7F.2H2/c13-7-5-9-10(14-6-7)15-12(18)16(11(9)17)8-1-3-19-4-2-8;1-6-2-4-7(8)5-3-6;;/h7-8,14H,1-6H2,(H,15,18);2-5H,1H3;2*1H/t7-;;;/m1.../s1. The number of hydrogen-bond donors (Lipinski definition) is 2. The molecule has 0 radical (unpaired) electrons. The third kappa shape index (κ3) is 4.63. The molecule has 1 aromatic heterocycles. The van der Waals surface area contributed by atoms with Crippen LogP contribution in [0.4, 0.5) is 14.6 Å². The lowest BCUT2D eigenvalue weighted by Gasteiger charge is -2.26. The Morgan fingerprint density at radius 3 is 2.48 bits per heavy atom. The summed E-state index contributed by atoms with van der Waals surface area (Å²) in [5.74, 6) is 0.197. The summed E-state index contributed by atoms with van der Waals surface area (Å²) in [6, 6.07) is 6.24. The largest absolute Gasteiger partial charge is 0.381 e. The van der Waals surface area contributed by atoms with E-state index in [4.69, 9.17) is 4.74 Å². The smallest absolute Gasteiger partial charge is 0.330 e. The van der Waals surface area contributed by atoms with Crippen LogP contribution >= 0.6 is 0 Å². The van der Waals surface area contributed by atoms with Crippen LogP contribution in [0.15, 0.2) is 33.9 Å². The molecular formula is C19H27F2N3O3. The molecule has 1 fully saturated rings. The molecule has 0 unspecified atom stereocenters. The SMILES string of the molecule is Cc1ccc(F)cc1.O=c1[nH]c2c(c(=O)n1C1CCOCC1)C[C@@H](F)CN2.[HH].[HH]. The van der Waals surface area contributed by atoms with Crippen LogP contribution in [0.1, 0.15) is 32.9 Å². The lowest BCUT2D eigenvalue weighted by molar-refractivity contribution is 0.0673. The number of anilines is 1. The number of ether oxygens (including phenoxy) is 1. The molecular weight excluding hydrogens is 356 g/mol. The fraction of sp³-hybridized carbons (Fsp3) is 0.474. The number of nitrogens with zero attached hydrogens (tertiary/aromatic N) is 1. The zero-order valence-corrected chi connectivity index (χ0v) is 15.1. The van der Waals surface area contributed by atoms with Gasteiger partial charge in [-0.25, -0.2) is 13.6 Å². The summed E-state index contributed by atoms with van der Waals surface area (Å²) in [6.45, 7) is 3.14. The lowest BCUT2D eigenvalue weighted by atomic mass is 10.1. The normalized spacial score (nSPS) is 19.4. The summed E-state index contributed by atoms with van der Waals surface area (Å²) in [5.41, 5.74) is 0.622. The van der Waals surface area contributed by atoms with E-state index in [0.29, 0.717) is 37.4 Å². The molecule has 3 heterocycles. The Labute approximate surface area is 158 Å². The van der Waals surface area contributed by atoms with Crippen molar-refractivity contribution in [1.82, 2.24) is 9.55 Å². The number of nitrogens with one attached hydrogen (secondary N) is 2. The topological polar surface area (TPSA) is 76.1 Å². The van der Waals surface area contributed by atoms with Crippen molar-refractivity contribution in [1.29, 1.82) is 0 Å². The highest BCUT2D eigenvalue weighted by atomic mass is 19.1. The second-order valence-electron chi connectivity index (χ2n) is 6.78. The predicted molar refractivity (Wildman–Crippen MR) is 103 cm³/mol. The highest BCUT2D eigenvalue weighted by Crippen LogP contribution is 2.20. The van der Waals surface area contributed by atoms with E-state index in [1.165, 1.54) is 16.7 Å². The van der Waals surface area contributed by atoms with Gasteiger partial charge in [-0.15, -0.1) is 0 Å². The molecule has 0 spiro atoms. The van der Waals surface area contributed by atoms with Gasteiger partial charge in [0.05, 0.1) is 5.56 Å². The molecule has 0 aliphatic carbocycles. The second-order valence-corrected chi connectivity index (χ2v) is 6.78. The first-order valence-corrected chi connectivity index (χ1v) is 9.01. The van der Waals surface area contributed by atoms with Crippen LogP contribution in [-0.2, 0) is 11.2 Å². The van der Waals surface area contributed by atoms with Crippen LogP contribution in [0.2, 0.25) is 0 Å². The first-order chi connectivity index (χ1) is 13.0. The maximum atomic E-state index is 13.4. The second kappa shape index (κ2) is 8.47. The molecule has 8 heteroatoms. The van der Waals surface area contributed by atoms with Gasteiger partial charge in [-0.1, -0.05) is 17.7 Å². The summed E-state index contributed by atoms with van der Waals surface area (Å²) >= 11 is 0. The van der Waals surface area contributed by atoms with Crippen molar-refractivity contribution in [3.8, 4) is 0 Å². The van der Waals surface area contributed by atoms with E-state index >= 15 is 0 Å². The van der Waals surface area contributed by atoms with Crippen LogP contribution in [0, 0.1) is 12.7 Å². The van der Waals surface area contributed by atoms with Crippen molar-refractivity contribution in [2.75, 3.05) is 25.1 Å². The Kier molecular flexibility index (Phi) is 6.05. The maximum absolute atomic E-state index is 13.4. The van der Waals surface area contributed by atoms with E-state index in [-0.39, 0.29) is 33.2 Å². The minimum Gasteiger partial charge on any atom is -0.381 e. The average molecular weight is 383 g/mol. The van der Waals surface area contributed by atoms with Gasteiger partial charge in [-0.2, -0.15) is 0 Å². The molecule has 0 saturated carbocycles. The van der Waals surface area contributed by atoms with E-state index < -0.39 is 11.9 Å². The average Bonchev–Trinajstić information content (AvgIpc) is 2.66. The Bertz CT molecular complexity index is 876.